The van der Waals surface area contributed by atoms with Crippen molar-refractivity contribution >= 4 is 5.82 Å². The van der Waals surface area contributed by atoms with E-state index in [0.29, 0.717) is 0 Å². The number of ether oxygens (including phenoxy) is 1. The lowest BCUT2D eigenvalue weighted by Crippen LogP contribution is -2.29. The molecule has 2 heterocycles. The van der Waals surface area contributed by atoms with E-state index in [0.717, 1.165) is 10.8 Å². The van der Waals surface area contributed by atoms with E-state index >= 15 is 0 Å². The summed E-state index contributed by atoms with van der Waals surface area (Å²) in [4.78, 5) is 14.7. The third-order valence-corrected chi connectivity index (χ3v) is 2.63. The fourth-order valence-electron chi connectivity index (χ4n) is 1.71. The van der Waals surface area contributed by atoms with Gasteiger partial charge in [-0.25, -0.2) is 9.18 Å². The van der Waals surface area contributed by atoms with Crippen molar-refractivity contribution in [1.29, 1.82) is 0 Å². The Morgan fingerprint density at radius 1 is 1.71 bits per heavy atom. The summed E-state index contributed by atoms with van der Waals surface area (Å²) < 4.78 is 19.3. The zero-order valence-corrected chi connectivity index (χ0v) is 8.78. The Kier molecular flexibility index (Phi) is 3.09. The molecule has 2 rings (SSSR count). The summed E-state index contributed by atoms with van der Waals surface area (Å²) in [6, 6.07) is 0. The molecule has 1 aromatic rings. The van der Waals surface area contributed by atoms with Crippen LogP contribution in [0.25, 0.3) is 0 Å². The number of anilines is 1. The van der Waals surface area contributed by atoms with Gasteiger partial charge in [0.2, 0.25) is 0 Å². The van der Waals surface area contributed by atoms with Crippen molar-refractivity contribution in [3.05, 3.63) is 22.5 Å². The molecule has 94 valence electrons. The summed E-state index contributed by atoms with van der Waals surface area (Å²) in [6.45, 7) is -0.378. The summed E-state index contributed by atoms with van der Waals surface area (Å²) in [7, 11) is 0. The lowest BCUT2D eigenvalue weighted by Gasteiger charge is -2.14. The molecule has 17 heavy (non-hydrogen) atoms. The Hall–Kier alpha value is -1.51. The van der Waals surface area contributed by atoms with Gasteiger partial charge in [0, 0.05) is 6.42 Å². The second kappa shape index (κ2) is 4.40. The minimum absolute atomic E-state index is 0.0795. The van der Waals surface area contributed by atoms with Crippen LogP contribution < -0.4 is 11.4 Å². The first kappa shape index (κ1) is 12.0. The molecule has 1 aliphatic rings. The van der Waals surface area contributed by atoms with Gasteiger partial charge in [0.15, 0.2) is 11.6 Å². The van der Waals surface area contributed by atoms with Gasteiger partial charge in [-0.05, 0) is 0 Å². The van der Waals surface area contributed by atoms with Gasteiger partial charge in [0.05, 0.1) is 18.9 Å². The summed E-state index contributed by atoms with van der Waals surface area (Å²) in [5, 5.41) is 18.4. The first-order chi connectivity index (χ1) is 8.02. The number of halogens is 1. The maximum absolute atomic E-state index is 13.2. The maximum atomic E-state index is 13.2. The predicted octanol–water partition coefficient (Wildman–Crippen LogP) is -1.39. The van der Waals surface area contributed by atoms with Gasteiger partial charge in [-0.2, -0.15) is 4.98 Å². The van der Waals surface area contributed by atoms with Crippen LogP contribution in [0, 0.1) is 5.82 Å². The highest BCUT2D eigenvalue weighted by atomic mass is 19.1. The van der Waals surface area contributed by atoms with E-state index in [1.165, 1.54) is 0 Å². The zero-order valence-electron chi connectivity index (χ0n) is 8.78. The molecule has 7 nitrogen and oxygen atoms in total. The average Bonchev–Trinajstić information content (AvgIpc) is 2.65. The molecule has 0 spiro atoms. The van der Waals surface area contributed by atoms with Crippen LogP contribution in [0.3, 0.4) is 0 Å². The third-order valence-electron chi connectivity index (χ3n) is 2.63. The molecular formula is C9H12FN3O4. The number of nitrogens with two attached hydrogens (primary N) is 1. The second-order valence-corrected chi connectivity index (χ2v) is 3.78. The van der Waals surface area contributed by atoms with Crippen LogP contribution in [-0.4, -0.2) is 38.6 Å². The normalized spacial score (nSPS) is 28.5. The Balaban J connectivity index is 2.30. The molecule has 0 amide bonds. The van der Waals surface area contributed by atoms with Crippen molar-refractivity contribution in [2.75, 3.05) is 12.3 Å². The number of nitrogens with zero attached hydrogens (tertiary/aromatic N) is 2. The molecule has 3 atom stereocenters. The van der Waals surface area contributed by atoms with Crippen LogP contribution in [0.2, 0.25) is 0 Å². The second-order valence-electron chi connectivity index (χ2n) is 3.78. The molecule has 0 bridgehead atoms. The average molecular weight is 245 g/mol. The molecule has 0 aliphatic carbocycles. The molecule has 1 aliphatic heterocycles. The molecule has 1 aromatic heterocycles. The molecule has 1 unspecified atom stereocenters. The Morgan fingerprint density at radius 2 is 2.41 bits per heavy atom. The SMILES string of the molecule is Nc1nc(=O)n([C@H]2CC(O)[C@@H](CO)O2)cc1F. The van der Waals surface area contributed by atoms with Crippen molar-refractivity contribution in [2.45, 2.75) is 24.9 Å². The van der Waals surface area contributed by atoms with Crippen LogP contribution in [0.5, 0.6) is 0 Å². The molecule has 1 fully saturated rings. The standard InChI is InChI=1S/C9H12FN3O4/c10-4-2-13(9(16)12-8(4)11)7-1-5(15)6(3-14)17-7/h2,5-7,14-15H,1,3H2,(H2,11,12,16)/t5?,6-,7-/m1/s1. The van der Waals surface area contributed by atoms with Gasteiger partial charge in [0.1, 0.15) is 12.3 Å². The van der Waals surface area contributed by atoms with Gasteiger partial charge in [-0.15, -0.1) is 0 Å². The van der Waals surface area contributed by atoms with E-state index in [9.17, 15) is 14.3 Å². The van der Waals surface area contributed by atoms with Crippen molar-refractivity contribution < 1.29 is 19.3 Å². The first-order valence-corrected chi connectivity index (χ1v) is 5.01. The highest BCUT2D eigenvalue weighted by Gasteiger charge is 2.35. The molecular weight excluding hydrogens is 233 g/mol. The van der Waals surface area contributed by atoms with E-state index < -0.39 is 35.8 Å². The summed E-state index contributed by atoms with van der Waals surface area (Å²) in [6.07, 6.45) is -1.58. The smallest absolute Gasteiger partial charge is 0.351 e. The predicted molar refractivity (Wildman–Crippen MR) is 54.5 cm³/mol. The van der Waals surface area contributed by atoms with Crippen molar-refractivity contribution in [2.24, 2.45) is 0 Å². The quantitative estimate of drug-likeness (QED) is 0.591. The fraction of sp³-hybridized carbons (Fsp3) is 0.556. The number of nitrogen functional groups attached to an aromatic ring is 1. The Bertz CT molecular complexity index is 478. The number of hydrogen-bond donors (Lipinski definition) is 3. The molecule has 4 N–H and O–H groups in total. The summed E-state index contributed by atoms with van der Waals surface area (Å²) in [5.41, 5.74) is 4.38. The van der Waals surface area contributed by atoms with E-state index in [-0.39, 0.29) is 13.0 Å². The van der Waals surface area contributed by atoms with Crippen molar-refractivity contribution in [3.63, 3.8) is 0 Å². The maximum Gasteiger partial charge on any atom is 0.351 e. The molecule has 0 radical (unpaired) electrons. The van der Waals surface area contributed by atoms with Gasteiger partial charge in [0.25, 0.3) is 0 Å². The largest absolute Gasteiger partial charge is 0.394 e. The minimum atomic E-state index is -0.905. The highest BCUT2D eigenvalue weighted by Crippen LogP contribution is 2.27. The van der Waals surface area contributed by atoms with E-state index in [2.05, 4.69) is 4.98 Å². The Morgan fingerprint density at radius 3 is 3.00 bits per heavy atom. The van der Waals surface area contributed by atoms with E-state index in [1.807, 2.05) is 0 Å². The van der Waals surface area contributed by atoms with Crippen LogP contribution in [0.1, 0.15) is 12.6 Å². The van der Waals surface area contributed by atoms with Gasteiger partial charge < -0.3 is 20.7 Å². The zero-order chi connectivity index (χ0) is 12.6. The van der Waals surface area contributed by atoms with Crippen LogP contribution in [-0.2, 0) is 4.74 Å². The monoisotopic (exact) mass is 245 g/mol. The first-order valence-electron chi connectivity index (χ1n) is 5.01. The number of aromatic nitrogens is 2. The van der Waals surface area contributed by atoms with Crippen LogP contribution >= 0.6 is 0 Å². The minimum Gasteiger partial charge on any atom is -0.394 e. The molecule has 1 saturated heterocycles. The lowest BCUT2D eigenvalue weighted by molar-refractivity contribution is -0.0461. The fourth-order valence-corrected chi connectivity index (χ4v) is 1.71. The van der Waals surface area contributed by atoms with E-state index in [4.69, 9.17) is 15.6 Å². The Labute approximate surface area is 95.3 Å². The van der Waals surface area contributed by atoms with Gasteiger partial charge in [-0.3, -0.25) is 4.57 Å². The van der Waals surface area contributed by atoms with Crippen LogP contribution in [0.4, 0.5) is 10.2 Å². The lowest BCUT2D eigenvalue weighted by atomic mass is 10.2. The van der Waals surface area contributed by atoms with Crippen LogP contribution in [0.15, 0.2) is 11.0 Å². The van der Waals surface area contributed by atoms with Gasteiger partial charge >= 0.3 is 5.69 Å². The third kappa shape index (κ3) is 2.14. The topological polar surface area (TPSA) is 111 Å². The van der Waals surface area contributed by atoms with Crippen molar-refractivity contribution in [1.82, 2.24) is 9.55 Å². The highest BCUT2D eigenvalue weighted by molar-refractivity contribution is 5.26. The van der Waals surface area contributed by atoms with Gasteiger partial charge in [-0.1, -0.05) is 0 Å². The molecule has 0 saturated carbocycles. The van der Waals surface area contributed by atoms with E-state index in [1.54, 1.807) is 0 Å². The van der Waals surface area contributed by atoms with Crippen molar-refractivity contribution in [3.8, 4) is 0 Å². The number of hydrogen-bond acceptors (Lipinski definition) is 6. The summed E-state index contributed by atoms with van der Waals surface area (Å²) in [5.74, 6) is -1.32. The number of aliphatic hydroxyl groups is 2. The molecule has 8 heteroatoms. The number of rotatable bonds is 2. The summed E-state index contributed by atoms with van der Waals surface area (Å²) >= 11 is 0. The molecule has 0 aromatic carbocycles. The number of aliphatic hydroxyl groups excluding tert-OH is 2.